The number of hydrogen-bond donors (Lipinski definition) is 3. The Kier molecular flexibility index (Phi) is 7.97. The maximum atomic E-state index is 15.2. The molecule has 0 saturated heterocycles. The molecule has 2 rings (SSSR count). The van der Waals surface area contributed by atoms with Gasteiger partial charge in [0.15, 0.2) is 32.1 Å². The average molecular weight is 467 g/mol. The predicted octanol–water partition coefficient (Wildman–Crippen LogP) is 1.85. The summed E-state index contributed by atoms with van der Waals surface area (Å²) in [4.78, 5) is -2.37. The number of rotatable bonds is 8. The summed E-state index contributed by atoms with van der Waals surface area (Å²) < 4.78 is 84.2. The molecule has 0 bridgehead atoms. The fourth-order valence-corrected chi connectivity index (χ4v) is 5.33. The summed E-state index contributed by atoms with van der Waals surface area (Å²) >= 11 is 0. The zero-order chi connectivity index (χ0) is 22.5. The summed E-state index contributed by atoms with van der Waals surface area (Å²) in [7, 11) is -8.35. The molecule has 1 atom stereocenters. The molecule has 12 heteroatoms. The van der Waals surface area contributed by atoms with Gasteiger partial charge in [-0.3, -0.25) is 0 Å². The van der Waals surface area contributed by atoms with Gasteiger partial charge in [-0.15, -0.1) is 0 Å². The van der Waals surface area contributed by atoms with Crippen LogP contribution < -0.4 is 15.2 Å². The van der Waals surface area contributed by atoms with Crippen molar-refractivity contribution in [1.29, 1.82) is 0 Å². The van der Waals surface area contributed by atoms with Gasteiger partial charge in [0, 0.05) is 6.61 Å². The maximum Gasteiger partial charge on any atom is 0.244 e. The van der Waals surface area contributed by atoms with Gasteiger partial charge < -0.3 is 15.2 Å². The first kappa shape index (κ1) is 24.3. The van der Waals surface area contributed by atoms with Crippen molar-refractivity contribution in [3.8, 4) is 5.75 Å². The quantitative estimate of drug-likeness (QED) is 0.498. The number of ether oxygens (including phenoxy) is 1. The lowest BCUT2D eigenvalue weighted by Gasteiger charge is -2.22. The molecule has 0 aromatic heterocycles. The molecule has 0 heterocycles. The molecule has 0 saturated carbocycles. The Morgan fingerprint density at radius 3 is 2.23 bits per heavy atom. The Hall–Kier alpha value is -2.02. The minimum Gasteiger partial charge on any atom is -0.492 e. The number of halogens is 2. The van der Waals surface area contributed by atoms with Crippen LogP contribution in [0.15, 0.2) is 34.1 Å². The van der Waals surface area contributed by atoms with E-state index >= 15 is 4.39 Å². The van der Waals surface area contributed by atoms with Crippen molar-refractivity contribution in [2.75, 3.05) is 24.8 Å². The van der Waals surface area contributed by atoms with Crippen LogP contribution in [0.1, 0.15) is 25.7 Å². The number of aliphatic hydroxyl groups is 1. The van der Waals surface area contributed by atoms with Gasteiger partial charge in [0.2, 0.25) is 10.0 Å². The second-order valence-corrected chi connectivity index (χ2v) is 10.1. The molecule has 0 fully saturated rings. The third-order valence-corrected chi connectivity index (χ3v) is 7.13. The van der Waals surface area contributed by atoms with Crippen molar-refractivity contribution < 1.29 is 35.5 Å². The number of nitrogens with two attached hydrogens (primary N) is 1. The number of sulfone groups is 1. The van der Waals surface area contributed by atoms with Crippen molar-refractivity contribution in [1.82, 2.24) is 0 Å². The lowest BCUT2D eigenvalue weighted by atomic mass is 10.1. The van der Waals surface area contributed by atoms with Crippen molar-refractivity contribution in [2.45, 2.75) is 41.5 Å². The van der Waals surface area contributed by atoms with E-state index in [1.807, 2.05) is 0 Å². The minimum absolute atomic E-state index is 0.200. The van der Waals surface area contributed by atoms with Crippen LogP contribution >= 0.6 is 0 Å². The molecule has 1 unspecified atom stereocenters. The zero-order valence-electron chi connectivity index (χ0n) is 16.3. The Balaban J connectivity index is 2.82. The van der Waals surface area contributed by atoms with Gasteiger partial charge in [0.05, 0.1) is 24.6 Å². The Labute approximate surface area is 174 Å². The van der Waals surface area contributed by atoms with Gasteiger partial charge in [-0.2, -0.15) is 0 Å². The number of hydrogen-bond acceptors (Lipinski definition) is 7. The highest BCUT2D eigenvalue weighted by Crippen LogP contribution is 2.41. The molecule has 0 amide bonds. The van der Waals surface area contributed by atoms with E-state index in [0.717, 1.165) is 26.4 Å². The van der Waals surface area contributed by atoms with E-state index in [0.29, 0.717) is 0 Å². The van der Waals surface area contributed by atoms with Crippen LogP contribution in [-0.2, 0) is 19.9 Å². The number of allylic oxidation sites excluding steroid dienone is 2. The Bertz CT molecular complexity index is 1040. The number of anilines is 1. The fraction of sp³-hybridized carbons (Fsp3) is 0.444. The number of nitrogens with one attached hydrogen (secondary N) is 1. The largest absolute Gasteiger partial charge is 0.492 e. The molecule has 0 aliphatic heterocycles. The monoisotopic (exact) mass is 466 g/mol. The maximum absolute atomic E-state index is 15.2. The SMILES string of the molecule is COc1c(F)c(S(N)(=O)=O)c(F)c(NC2/C=C\CCC/C=C/2)c1S(=O)(=O)CCCO. The van der Waals surface area contributed by atoms with Crippen molar-refractivity contribution in [3.05, 3.63) is 35.9 Å². The number of sulfonamides is 1. The van der Waals surface area contributed by atoms with Gasteiger partial charge in [0.25, 0.3) is 0 Å². The third kappa shape index (κ3) is 5.36. The molecule has 168 valence electrons. The van der Waals surface area contributed by atoms with Crippen LogP contribution in [0.2, 0.25) is 0 Å². The molecule has 4 N–H and O–H groups in total. The summed E-state index contributed by atoms with van der Waals surface area (Å²) in [6.07, 6.45) is 9.07. The van der Waals surface area contributed by atoms with E-state index in [2.05, 4.69) is 5.32 Å². The summed E-state index contributed by atoms with van der Waals surface area (Å²) in [5.41, 5.74) is -0.768. The lowest BCUT2D eigenvalue weighted by molar-refractivity contribution is 0.295. The Morgan fingerprint density at radius 1 is 1.13 bits per heavy atom. The van der Waals surface area contributed by atoms with E-state index in [-0.39, 0.29) is 6.42 Å². The van der Waals surface area contributed by atoms with Gasteiger partial charge in [-0.1, -0.05) is 24.3 Å². The van der Waals surface area contributed by atoms with Crippen LogP contribution in [-0.4, -0.2) is 47.5 Å². The molecule has 1 aliphatic carbocycles. The van der Waals surface area contributed by atoms with E-state index in [1.165, 1.54) is 0 Å². The van der Waals surface area contributed by atoms with Crippen molar-refractivity contribution in [3.63, 3.8) is 0 Å². The molecule has 8 nitrogen and oxygen atoms in total. The topological polar surface area (TPSA) is 136 Å². The molecule has 1 aliphatic rings. The second-order valence-electron chi connectivity index (χ2n) is 6.59. The zero-order valence-corrected chi connectivity index (χ0v) is 17.9. The Morgan fingerprint density at radius 2 is 1.73 bits per heavy atom. The van der Waals surface area contributed by atoms with Crippen molar-refractivity contribution >= 4 is 25.5 Å². The van der Waals surface area contributed by atoms with Gasteiger partial charge in [-0.05, 0) is 25.7 Å². The molecular weight excluding hydrogens is 442 g/mol. The first-order valence-electron chi connectivity index (χ1n) is 9.09. The predicted molar refractivity (Wildman–Crippen MR) is 108 cm³/mol. The second kappa shape index (κ2) is 9.86. The van der Waals surface area contributed by atoms with E-state index in [4.69, 9.17) is 15.0 Å². The van der Waals surface area contributed by atoms with Crippen LogP contribution in [0.5, 0.6) is 5.75 Å². The number of primary sulfonamides is 1. The van der Waals surface area contributed by atoms with E-state index in [1.54, 1.807) is 24.3 Å². The minimum atomic E-state index is -4.89. The molecule has 0 radical (unpaired) electrons. The highest BCUT2D eigenvalue weighted by atomic mass is 32.2. The summed E-state index contributed by atoms with van der Waals surface area (Å²) in [5, 5.41) is 16.6. The number of benzene rings is 1. The summed E-state index contributed by atoms with van der Waals surface area (Å²) in [5.74, 6) is -5.02. The third-order valence-electron chi connectivity index (χ3n) is 4.36. The van der Waals surface area contributed by atoms with Crippen LogP contribution in [0.3, 0.4) is 0 Å². The van der Waals surface area contributed by atoms with Gasteiger partial charge in [0.1, 0.15) is 4.90 Å². The summed E-state index contributed by atoms with van der Waals surface area (Å²) in [6, 6.07) is -0.699. The van der Waals surface area contributed by atoms with Crippen LogP contribution in [0.25, 0.3) is 0 Å². The molecule has 1 aromatic rings. The lowest BCUT2D eigenvalue weighted by Crippen LogP contribution is -2.24. The fourth-order valence-electron chi connectivity index (χ4n) is 3.01. The highest BCUT2D eigenvalue weighted by molar-refractivity contribution is 7.91. The van der Waals surface area contributed by atoms with Crippen molar-refractivity contribution in [2.24, 2.45) is 5.14 Å². The van der Waals surface area contributed by atoms with Crippen LogP contribution in [0.4, 0.5) is 14.5 Å². The number of aliphatic hydroxyl groups excluding tert-OH is 1. The normalized spacial score (nSPS) is 19.6. The first-order chi connectivity index (χ1) is 14.0. The van der Waals surface area contributed by atoms with E-state index in [9.17, 15) is 21.2 Å². The summed E-state index contributed by atoms with van der Waals surface area (Å²) in [6.45, 7) is -0.474. The van der Waals surface area contributed by atoms with E-state index < -0.39 is 71.1 Å². The first-order valence-corrected chi connectivity index (χ1v) is 12.3. The van der Waals surface area contributed by atoms with Gasteiger partial charge >= 0.3 is 0 Å². The highest BCUT2D eigenvalue weighted by Gasteiger charge is 2.36. The molecule has 30 heavy (non-hydrogen) atoms. The number of methoxy groups -OCH3 is 1. The molecule has 1 aromatic carbocycles. The standard InChI is InChI=1S/C18H24F2N2O6S2/c1-28-16-14(20)17(30(21,26)27)13(19)15(18(16)29(24,25)11-7-10-23)22-12-8-5-3-2-4-6-9-12/h5-6,8-9,12,22-23H,2-4,7,10-11H2,1H3,(H2,21,26,27)/b8-5-,9-6+. The smallest absolute Gasteiger partial charge is 0.244 e. The van der Waals surface area contributed by atoms with Crippen LogP contribution in [0, 0.1) is 11.6 Å². The van der Waals surface area contributed by atoms with Gasteiger partial charge in [-0.25, -0.2) is 30.8 Å². The average Bonchev–Trinajstić information content (AvgIpc) is 2.62. The molecule has 0 spiro atoms. The molecular formula is C18H24F2N2O6S2.